The topological polar surface area (TPSA) is 17.0 Å². The van der Waals surface area contributed by atoms with E-state index in [0.717, 1.165) is 38.8 Å². The average Bonchev–Trinajstić information content (AvgIpc) is 3.36. The summed E-state index contributed by atoms with van der Waals surface area (Å²) < 4.78 is 9.20. The summed E-state index contributed by atoms with van der Waals surface area (Å²) in [6, 6.07) is 43.6. The summed E-state index contributed by atoms with van der Waals surface area (Å²) >= 11 is 0. The van der Waals surface area contributed by atoms with Crippen LogP contribution in [0.15, 0.2) is 126 Å². The fourth-order valence-electron chi connectivity index (χ4n) is 6.36. The summed E-state index contributed by atoms with van der Waals surface area (Å²) in [5.41, 5.74) is 8.88. The zero-order chi connectivity index (χ0) is 26.1. The molecular weight excluding hydrogens is 474 g/mol. The largest absolute Gasteiger partial charge is 0.454 e. The normalized spacial score (nSPS) is 11.8. The molecule has 2 heteroatoms. The maximum absolute atomic E-state index is 6.92. The van der Waals surface area contributed by atoms with E-state index >= 15 is 0 Å². The van der Waals surface area contributed by atoms with E-state index in [0.29, 0.717) is 0 Å². The van der Waals surface area contributed by atoms with E-state index in [-0.39, 0.29) is 0 Å². The minimum atomic E-state index is 0.934. The molecule has 6 aromatic carbocycles. The lowest BCUT2D eigenvalue weighted by atomic mass is 9.92. The SMILES string of the molecule is Cc1ccc2c(oc3c(-c4cc5ccccc5c5ccccc45)cccc32)c1-c1ccc2ccccc2[n+]1C. The Kier molecular flexibility index (Phi) is 4.68. The lowest BCUT2D eigenvalue weighted by Gasteiger charge is -2.11. The number of rotatable bonds is 2. The number of benzene rings is 6. The van der Waals surface area contributed by atoms with Gasteiger partial charge in [-0.3, -0.25) is 0 Å². The van der Waals surface area contributed by atoms with Gasteiger partial charge in [-0.05, 0) is 57.8 Å². The van der Waals surface area contributed by atoms with E-state index < -0.39 is 0 Å². The van der Waals surface area contributed by atoms with Crippen LogP contribution >= 0.6 is 0 Å². The Balaban J connectivity index is 1.46. The van der Waals surface area contributed by atoms with Crippen molar-refractivity contribution in [2.45, 2.75) is 6.92 Å². The van der Waals surface area contributed by atoms with E-state index in [1.165, 1.54) is 43.6 Å². The summed E-state index contributed by atoms with van der Waals surface area (Å²) in [6.45, 7) is 2.18. The number of hydrogen-bond donors (Lipinski definition) is 0. The summed E-state index contributed by atoms with van der Waals surface area (Å²) in [5.74, 6) is 0. The van der Waals surface area contributed by atoms with E-state index in [4.69, 9.17) is 4.42 Å². The smallest absolute Gasteiger partial charge is 0.216 e. The maximum Gasteiger partial charge on any atom is 0.216 e. The fourth-order valence-corrected chi connectivity index (χ4v) is 6.36. The van der Waals surface area contributed by atoms with Crippen LogP contribution < -0.4 is 4.57 Å². The molecule has 2 nitrogen and oxygen atoms in total. The first kappa shape index (κ1) is 22.1. The molecular formula is C37H26NO+. The number of fused-ring (bicyclic) bond motifs is 7. The molecule has 0 aliphatic rings. The Labute approximate surface area is 226 Å². The van der Waals surface area contributed by atoms with Crippen molar-refractivity contribution in [1.82, 2.24) is 0 Å². The fraction of sp³-hybridized carbons (Fsp3) is 0.0541. The van der Waals surface area contributed by atoms with Crippen LogP contribution in [-0.2, 0) is 7.05 Å². The van der Waals surface area contributed by atoms with E-state index in [1.54, 1.807) is 0 Å². The van der Waals surface area contributed by atoms with E-state index in [2.05, 4.69) is 140 Å². The van der Waals surface area contributed by atoms with Gasteiger partial charge in [-0.15, -0.1) is 0 Å². The van der Waals surface area contributed by atoms with E-state index in [1.807, 2.05) is 0 Å². The molecule has 2 heterocycles. The van der Waals surface area contributed by atoms with Gasteiger partial charge in [0.1, 0.15) is 18.2 Å². The highest BCUT2D eigenvalue weighted by Gasteiger charge is 2.23. The Morgan fingerprint density at radius 1 is 0.513 bits per heavy atom. The molecule has 0 aliphatic heterocycles. The predicted molar refractivity (Wildman–Crippen MR) is 163 cm³/mol. The molecule has 0 atom stereocenters. The van der Waals surface area contributed by atoms with Crippen LogP contribution in [0.4, 0.5) is 0 Å². The van der Waals surface area contributed by atoms with Gasteiger partial charge in [-0.1, -0.05) is 91.0 Å². The molecule has 0 fully saturated rings. The highest BCUT2D eigenvalue weighted by molar-refractivity contribution is 6.18. The van der Waals surface area contributed by atoms with Crippen LogP contribution in [0.1, 0.15) is 5.56 Å². The number of aromatic nitrogens is 1. The zero-order valence-electron chi connectivity index (χ0n) is 21.9. The lowest BCUT2D eigenvalue weighted by Crippen LogP contribution is -2.32. The molecule has 2 aromatic heterocycles. The van der Waals surface area contributed by atoms with Crippen molar-refractivity contribution in [2.75, 3.05) is 0 Å². The monoisotopic (exact) mass is 500 g/mol. The quantitative estimate of drug-likeness (QED) is 0.171. The number of nitrogens with zero attached hydrogens (tertiary/aromatic N) is 1. The molecule has 184 valence electrons. The molecule has 0 saturated heterocycles. The lowest BCUT2D eigenvalue weighted by molar-refractivity contribution is -0.633. The Morgan fingerprint density at radius 3 is 2.08 bits per heavy atom. The predicted octanol–water partition coefficient (Wildman–Crippen LogP) is 9.51. The van der Waals surface area contributed by atoms with Crippen molar-refractivity contribution in [3.63, 3.8) is 0 Å². The third-order valence-electron chi connectivity index (χ3n) is 8.27. The first-order valence-electron chi connectivity index (χ1n) is 13.4. The summed E-state index contributed by atoms with van der Waals surface area (Å²) in [6.07, 6.45) is 0. The van der Waals surface area contributed by atoms with Crippen molar-refractivity contribution in [3.8, 4) is 22.4 Å². The first-order chi connectivity index (χ1) is 19.2. The van der Waals surface area contributed by atoms with Crippen molar-refractivity contribution in [3.05, 3.63) is 127 Å². The molecule has 0 saturated carbocycles. The molecule has 0 aliphatic carbocycles. The molecule has 0 spiro atoms. The number of furan rings is 1. The number of pyridine rings is 1. The third kappa shape index (κ3) is 3.18. The van der Waals surface area contributed by atoms with Crippen molar-refractivity contribution in [2.24, 2.45) is 7.05 Å². The number of aryl methyl sites for hydroxylation is 2. The molecule has 39 heavy (non-hydrogen) atoms. The second-order valence-corrected chi connectivity index (χ2v) is 10.4. The van der Waals surface area contributed by atoms with E-state index in [9.17, 15) is 0 Å². The van der Waals surface area contributed by atoms with Crippen LogP contribution in [0.3, 0.4) is 0 Å². The third-order valence-corrected chi connectivity index (χ3v) is 8.27. The van der Waals surface area contributed by atoms with Crippen molar-refractivity contribution >= 4 is 54.4 Å². The van der Waals surface area contributed by atoms with Gasteiger partial charge in [0, 0.05) is 33.9 Å². The minimum Gasteiger partial charge on any atom is -0.454 e. The first-order valence-corrected chi connectivity index (χ1v) is 13.4. The van der Waals surface area contributed by atoms with Crippen LogP contribution in [0.2, 0.25) is 0 Å². The minimum absolute atomic E-state index is 0.934. The molecule has 0 N–H and O–H groups in total. The summed E-state index contributed by atoms with van der Waals surface area (Å²) in [7, 11) is 2.14. The summed E-state index contributed by atoms with van der Waals surface area (Å²) in [5, 5.41) is 8.52. The van der Waals surface area contributed by atoms with Gasteiger partial charge in [-0.2, -0.15) is 4.57 Å². The molecule has 8 rings (SSSR count). The Bertz CT molecular complexity index is 2250. The van der Waals surface area contributed by atoms with Crippen LogP contribution in [0.25, 0.3) is 76.8 Å². The van der Waals surface area contributed by atoms with Crippen LogP contribution in [-0.4, -0.2) is 0 Å². The number of para-hydroxylation sites is 2. The molecule has 8 aromatic rings. The van der Waals surface area contributed by atoms with Gasteiger partial charge in [-0.25, -0.2) is 0 Å². The van der Waals surface area contributed by atoms with Crippen LogP contribution in [0.5, 0.6) is 0 Å². The molecule has 0 unspecified atom stereocenters. The summed E-state index contributed by atoms with van der Waals surface area (Å²) in [4.78, 5) is 0. The maximum atomic E-state index is 6.92. The second kappa shape index (κ2) is 8.28. The van der Waals surface area contributed by atoms with Gasteiger partial charge in [0.15, 0.2) is 0 Å². The molecule has 0 bridgehead atoms. The van der Waals surface area contributed by atoms with Crippen molar-refractivity contribution in [1.29, 1.82) is 0 Å². The molecule has 0 radical (unpaired) electrons. The zero-order valence-corrected chi connectivity index (χ0v) is 21.9. The highest BCUT2D eigenvalue weighted by Crippen LogP contribution is 2.43. The van der Waals surface area contributed by atoms with Crippen LogP contribution in [0, 0.1) is 6.92 Å². The molecule has 0 amide bonds. The number of hydrogen-bond acceptors (Lipinski definition) is 1. The Morgan fingerprint density at radius 2 is 1.21 bits per heavy atom. The highest BCUT2D eigenvalue weighted by atomic mass is 16.3. The standard InChI is InChI=1S/C37H26NO/c1-23-18-20-31-29-15-9-16-30(32-22-25-11-3-5-12-26(25)27-13-6-7-14-28(27)32)36(29)39-37(31)35(23)34-21-19-24-10-4-8-17-33(24)38(34)2/h3-22H,1-2H3/q+1. The van der Waals surface area contributed by atoms with Crippen molar-refractivity contribution < 1.29 is 8.98 Å². The van der Waals surface area contributed by atoms with Gasteiger partial charge in [0.25, 0.3) is 0 Å². The van der Waals surface area contributed by atoms with Gasteiger partial charge in [0.2, 0.25) is 11.2 Å². The van der Waals surface area contributed by atoms with Gasteiger partial charge < -0.3 is 4.42 Å². The second-order valence-electron chi connectivity index (χ2n) is 10.4. The average molecular weight is 501 g/mol. The van der Waals surface area contributed by atoms with Gasteiger partial charge >= 0.3 is 0 Å². The van der Waals surface area contributed by atoms with Gasteiger partial charge in [0.05, 0.1) is 5.56 Å². The Hall–Kier alpha value is -4.95.